The second-order valence-electron chi connectivity index (χ2n) is 5.72. The number of nitrogens with zero attached hydrogens (tertiary/aromatic N) is 1. The number of aromatic nitrogens is 1. The number of amides is 1. The van der Waals surface area contributed by atoms with Crippen LogP contribution >= 0.6 is 11.6 Å². The van der Waals surface area contributed by atoms with Crippen molar-refractivity contribution in [2.75, 3.05) is 5.32 Å². The van der Waals surface area contributed by atoms with Gasteiger partial charge >= 0.3 is 0 Å². The predicted molar refractivity (Wildman–Crippen MR) is 81.8 cm³/mol. The van der Waals surface area contributed by atoms with E-state index in [9.17, 15) is 4.79 Å². The molecule has 2 aromatic rings. The van der Waals surface area contributed by atoms with Gasteiger partial charge in [-0.05, 0) is 43.4 Å². The smallest absolute Gasteiger partial charge is 0.278 e. The van der Waals surface area contributed by atoms with Gasteiger partial charge in [0, 0.05) is 12.0 Å². The van der Waals surface area contributed by atoms with Crippen molar-refractivity contribution in [3.8, 4) is 0 Å². The quantitative estimate of drug-likeness (QED) is 0.912. The van der Waals surface area contributed by atoms with E-state index in [0.717, 1.165) is 36.1 Å². The maximum Gasteiger partial charge on any atom is 0.278 e. The van der Waals surface area contributed by atoms with E-state index >= 15 is 0 Å². The van der Waals surface area contributed by atoms with E-state index < -0.39 is 0 Å². The number of fused-ring (bicyclic) bond motifs is 1. The Labute approximate surface area is 128 Å². The van der Waals surface area contributed by atoms with Gasteiger partial charge in [0.25, 0.3) is 5.91 Å². The van der Waals surface area contributed by atoms with Crippen molar-refractivity contribution in [3.63, 3.8) is 0 Å². The van der Waals surface area contributed by atoms with Crippen molar-refractivity contribution in [1.29, 1.82) is 0 Å². The van der Waals surface area contributed by atoms with Gasteiger partial charge in [-0.25, -0.2) is 0 Å². The molecule has 0 saturated carbocycles. The summed E-state index contributed by atoms with van der Waals surface area (Å²) < 4.78 is 5.30. The van der Waals surface area contributed by atoms with E-state index in [-0.39, 0.29) is 5.91 Å². The molecule has 0 saturated heterocycles. The summed E-state index contributed by atoms with van der Waals surface area (Å²) in [5, 5.41) is 7.28. The number of hydrogen-bond acceptors (Lipinski definition) is 3. The summed E-state index contributed by atoms with van der Waals surface area (Å²) in [6.07, 6.45) is 2.76. The molecule has 1 aliphatic rings. The summed E-state index contributed by atoms with van der Waals surface area (Å²) in [6.45, 7) is 4.13. The Morgan fingerprint density at radius 2 is 2.29 bits per heavy atom. The molecule has 1 amide bonds. The van der Waals surface area contributed by atoms with E-state index in [2.05, 4.69) is 17.4 Å². The highest BCUT2D eigenvalue weighted by Gasteiger charge is 2.27. The summed E-state index contributed by atoms with van der Waals surface area (Å²) in [5.74, 6) is 1.12. The minimum Gasteiger partial charge on any atom is -0.360 e. The fourth-order valence-electron chi connectivity index (χ4n) is 2.66. The molecular formula is C16H17ClN2O2. The first-order chi connectivity index (χ1) is 10.0. The van der Waals surface area contributed by atoms with Crippen LogP contribution in [0.4, 0.5) is 5.69 Å². The first-order valence-electron chi connectivity index (χ1n) is 7.09. The van der Waals surface area contributed by atoms with Crippen LogP contribution in [-0.4, -0.2) is 11.1 Å². The lowest BCUT2D eigenvalue weighted by Crippen LogP contribution is -2.18. The maximum atomic E-state index is 12.4. The first kappa shape index (κ1) is 14.1. The Bertz CT molecular complexity index is 694. The topological polar surface area (TPSA) is 55.1 Å². The molecule has 1 heterocycles. The molecule has 21 heavy (non-hydrogen) atoms. The highest BCUT2D eigenvalue weighted by molar-refractivity contribution is 6.34. The van der Waals surface area contributed by atoms with Gasteiger partial charge in [-0.15, -0.1) is 0 Å². The fourth-order valence-corrected chi connectivity index (χ4v) is 2.94. The fraction of sp³-hybridized carbons (Fsp3) is 0.375. The largest absolute Gasteiger partial charge is 0.360 e. The van der Waals surface area contributed by atoms with Crippen LogP contribution in [0.2, 0.25) is 5.02 Å². The van der Waals surface area contributed by atoms with Crippen LogP contribution in [-0.2, 0) is 12.8 Å². The van der Waals surface area contributed by atoms with E-state index in [4.69, 9.17) is 16.1 Å². The molecule has 1 aromatic heterocycles. The van der Waals surface area contributed by atoms with Crippen LogP contribution in [0.25, 0.3) is 0 Å². The summed E-state index contributed by atoms with van der Waals surface area (Å²) in [5.41, 5.74) is 2.96. The first-order valence-corrected chi connectivity index (χ1v) is 7.47. The molecule has 0 unspecified atom stereocenters. The van der Waals surface area contributed by atoms with Gasteiger partial charge in [0.2, 0.25) is 0 Å². The monoisotopic (exact) mass is 304 g/mol. The van der Waals surface area contributed by atoms with Gasteiger partial charge in [-0.1, -0.05) is 29.7 Å². The molecule has 3 rings (SSSR count). The maximum absolute atomic E-state index is 12.4. The molecule has 0 aliphatic heterocycles. The Morgan fingerprint density at radius 1 is 1.48 bits per heavy atom. The van der Waals surface area contributed by atoms with Crippen LogP contribution in [0.15, 0.2) is 22.7 Å². The Hall–Kier alpha value is -1.81. The number of hydrogen-bond donors (Lipinski definition) is 1. The van der Waals surface area contributed by atoms with Crippen LogP contribution in [0.5, 0.6) is 0 Å². The van der Waals surface area contributed by atoms with Gasteiger partial charge < -0.3 is 9.84 Å². The molecule has 0 spiro atoms. The standard InChI is InChI=1S/C16H17ClN2O2/c1-9-4-6-14-11(7-9)15(19-21-14)16(20)18-13-5-3-10(2)8-12(13)17/h3,5,8-9H,4,6-7H2,1-2H3,(H,18,20)/t9-/m1/s1. The van der Waals surface area contributed by atoms with Crippen molar-refractivity contribution in [2.45, 2.75) is 33.1 Å². The molecule has 4 nitrogen and oxygen atoms in total. The van der Waals surface area contributed by atoms with Crippen molar-refractivity contribution >= 4 is 23.2 Å². The molecule has 0 radical (unpaired) electrons. The van der Waals surface area contributed by atoms with Gasteiger partial charge in [0.15, 0.2) is 5.69 Å². The van der Waals surface area contributed by atoms with Crippen molar-refractivity contribution in [1.82, 2.24) is 5.16 Å². The summed E-state index contributed by atoms with van der Waals surface area (Å²) in [6, 6.07) is 5.52. The number of halogens is 1. The van der Waals surface area contributed by atoms with E-state index in [1.807, 2.05) is 19.1 Å². The molecule has 1 N–H and O–H groups in total. The minimum atomic E-state index is -0.264. The Morgan fingerprint density at radius 3 is 3.05 bits per heavy atom. The molecule has 1 atom stereocenters. The third kappa shape index (κ3) is 2.81. The second-order valence-corrected chi connectivity index (χ2v) is 6.13. The summed E-state index contributed by atoms with van der Waals surface area (Å²) >= 11 is 6.14. The molecule has 1 aliphatic carbocycles. The van der Waals surface area contributed by atoms with Crippen molar-refractivity contribution in [3.05, 3.63) is 45.8 Å². The van der Waals surface area contributed by atoms with Gasteiger partial charge in [0.05, 0.1) is 10.7 Å². The van der Waals surface area contributed by atoms with Crippen molar-refractivity contribution < 1.29 is 9.32 Å². The van der Waals surface area contributed by atoms with Crippen LogP contribution < -0.4 is 5.32 Å². The van der Waals surface area contributed by atoms with Gasteiger partial charge in [-0.3, -0.25) is 4.79 Å². The number of carbonyl (C=O) groups excluding carboxylic acids is 1. The van der Waals surface area contributed by atoms with E-state index in [0.29, 0.717) is 22.3 Å². The third-order valence-corrected chi connectivity index (χ3v) is 4.19. The summed E-state index contributed by atoms with van der Waals surface area (Å²) in [4.78, 5) is 12.4. The van der Waals surface area contributed by atoms with Gasteiger partial charge in [-0.2, -0.15) is 0 Å². The number of nitrogens with one attached hydrogen (secondary N) is 1. The highest BCUT2D eigenvalue weighted by Crippen LogP contribution is 2.29. The zero-order chi connectivity index (χ0) is 15.0. The van der Waals surface area contributed by atoms with Crippen LogP contribution in [0.1, 0.15) is 40.7 Å². The molecule has 0 fully saturated rings. The zero-order valence-corrected chi connectivity index (χ0v) is 12.8. The second kappa shape index (κ2) is 5.53. The molecule has 5 heteroatoms. The number of anilines is 1. The molecule has 110 valence electrons. The number of benzene rings is 1. The molecule has 0 bridgehead atoms. The molecular weight excluding hydrogens is 288 g/mol. The van der Waals surface area contributed by atoms with Crippen LogP contribution in [0.3, 0.4) is 0 Å². The van der Waals surface area contributed by atoms with E-state index in [1.165, 1.54) is 0 Å². The third-order valence-electron chi connectivity index (χ3n) is 3.87. The predicted octanol–water partition coefficient (Wildman–Crippen LogP) is 4.01. The number of rotatable bonds is 2. The molecule has 1 aromatic carbocycles. The van der Waals surface area contributed by atoms with E-state index in [1.54, 1.807) is 6.07 Å². The lowest BCUT2D eigenvalue weighted by atomic mass is 9.88. The minimum absolute atomic E-state index is 0.264. The normalized spacial score (nSPS) is 17.4. The highest BCUT2D eigenvalue weighted by atomic mass is 35.5. The average Bonchev–Trinajstić information content (AvgIpc) is 2.85. The SMILES string of the molecule is Cc1ccc(NC(=O)c2noc3c2C[C@H](C)CC3)c(Cl)c1. The Balaban J connectivity index is 1.85. The number of aryl methyl sites for hydroxylation is 2. The number of carbonyl (C=O) groups is 1. The van der Waals surface area contributed by atoms with Gasteiger partial charge in [0.1, 0.15) is 5.76 Å². The Kier molecular flexibility index (Phi) is 3.72. The van der Waals surface area contributed by atoms with Crippen LogP contribution in [0, 0.1) is 12.8 Å². The summed E-state index contributed by atoms with van der Waals surface area (Å²) in [7, 11) is 0. The average molecular weight is 305 g/mol. The zero-order valence-electron chi connectivity index (χ0n) is 12.1. The lowest BCUT2D eigenvalue weighted by molar-refractivity contribution is 0.101. The van der Waals surface area contributed by atoms with Crippen molar-refractivity contribution in [2.24, 2.45) is 5.92 Å². The lowest BCUT2D eigenvalue weighted by Gasteiger charge is -2.16.